The van der Waals surface area contributed by atoms with E-state index in [-0.39, 0.29) is 0 Å². The highest BCUT2D eigenvalue weighted by Crippen LogP contribution is 2.32. The maximum atomic E-state index is 5.67. The quantitative estimate of drug-likeness (QED) is 0.934. The smallest absolute Gasteiger partial charge is 0.163 e. The van der Waals surface area contributed by atoms with Crippen LogP contribution in [0.15, 0.2) is 23.6 Å². The van der Waals surface area contributed by atoms with E-state index in [9.17, 15) is 0 Å². The van der Waals surface area contributed by atoms with Crippen LogP contribution in [0.4, 0.5) is 5.69 Å². The van der Waals surface area contributed by atoms with Gasteiger partial charge in [0.15, 0.2) is 11.5 Å². The van der Waals surface area contributed by atoms with Crippen molar-refractivity contribution in [3.8, 4) is 11.5 Å². The highest BCUT2D eigenvalue weighted by molar-refractivity contribution is 7.09. The first kappa shape index (κ1) is 12.3. The van der Waals surface area contributed by atoms with Crippen LogP contribution in [-0.4, -0.2) is 18.2 Å². The standard InChI is InChI=1S/C14H16N2O2S/c1-10-16-12(9-19-10)8-15-11-3-4-13-14(7-11)18-6-2-5-17-13/h3-4,7,9,15H,2,5-6,8H2,1H3. The Morgan fingerprint density at radius 1 is 1.26 bits per heavy atom. The Hall–Kier alpha value is -1.75. The predicted molar refractivity (Wildman–Crippen MR) is 76.2 cm³/mol. The number of ether oxygens (including phenoxy) is 2. The fourth-order valence-corrected chi connectivity index (χ4v) is 2.57. The minimum absolute atomic E-state index is 0.710. The van der Waals surface area contributed by atoms with Gasteiger partial charge in [-0.25, -0.2) is 4.98 Å². The van der Waals surface area contributed by atoms with Crippen molar-refractivity contribution in [2.75, 3.05) is 18.5 Å². The van der Waals surface area contributed by atoms with Crippen LogP contribution < -0.4 is 14.8 Å². The van der Waals surface area contributed by atoms with E-state index in [1.807, 2.05) is 25.1 Å². The number of anilines is 1. The van der Waals surface area contributed by atoms with Gasteiger partial charge in [-0.1, -0.05) is 0 Å². The summed E-state index contributed by atoms with van der Waals surface area (Å²) in [5.41, 5.74) is 2.09. The van der Waals surface area contributed by atoms with E-state index in [1.54, 1.807) is 11.3 Å². The van der Waals surface area contributed by atoms with Crippen molar-refractivity contribution >= 4 is 17.0 Å². The molecule has 0 amide bonds. The molecule has 0 bridgehead atoms. The maximum Gasteiger partial charge on any atom is 0.163 e. The summed E-state index contributed by atoms with van der Waals surface area (Å²) < 4.78 is 11.3. The molecule has 1 aromatic carbocycles. The zero-order valence-corrected chi connectivity index (χ0v) is 11.6. The van der Waals surface area contributed by atoms with Crippen LogP contribution in [0, 0.1) is 6.92 Å². The highest BCUT2D eigenvalue weighted by atomic mass is 32.1. The average Bonchev–Trinajstić information content (AvgIpc) is 2.70. The van der Waals surface area contributed by atoms with Gasteiger partial charge in [-0.2, -0.15) is 0 Å². The number of aromatic nitrogens is 1. The first-order chi connectivity index (χ1) is 9.31. The summed E-state index contributed by atoms with van der Waals surface area (Å²) in [7, 11) is 0. The molecule has 0 unspecified atom stereocenters. The summed E-state index contributed by atoms with van der Waals surface area (Å²) in [5.74, 6) is 1.64. The Morgan fingerprint density at radius 2 is 2.11 bits per heavy atom. The van der Waals surface area contributed by atoms with E-state index in [0.29, 0.717) is 6.61 Å². The van der Waals surface area contributed by atoms with Crippen LogP contribution in [0.25, 0.3) is 0 Å². The lowest BCUT2D eigenvalue weighted by Crippen LogP contribution is -2.00. The first-order valence-electron chi connectivity index (χ1n) is 6.36. The summed E-state index contributed by atoms with van der Waals surface area (Å²) in [6, 6.07) is 5.95. The van der Waals surface area contributed by atoms with E-state index < -0.39 is 0 Å². The van der Waals surface area contributed by atoms with Crippen LogP contribution >= 0.6 is 11.3 Å². The molecule has 19 heavy (non-hydrogen) atoms. The van der Waals surface area contributed by atoms with Gasteiger partial charge >= 0.3 is 0 Å². The number of benzene rings is 1. The SMILES string of the molecule is Cc1nc(CNc2ccc3c(c2)OCCCO3)cs1. The molecule has 0 radical (unpaired) electrons. The van der Waals surface area contributed by atoms with Crippen molar-refractivity contribution in [3.05, 3.63) is 34.3 Å². The van der Waals surface area contributed by atoms with Gasteiger partial charge in [0.25, 0.3) is 0 Å². The number of thiazole rings is 1. The van der Waals surface area contributed by atoms with Crippen molar-refractivity contribution in [2.45, 2.75) is 19.9 Å². The average molecular weight is 276 g/mol. The zero-order valence-electron chi connectivity index (χ0n) is 10.8. The van der Waals surface area contributed by atoms with Crippen LogP contribution in [0.5, 0.6) is 11.5 Å². The minimum atomic E-state index is 0.710. The van der Waals surface area contributed by atoms with Gasteiger partial charge in [-0.05, 0) is 19.1 Å². The maximum absolute atomic E-state index is 5.67. The monoisotopic (exact) mass is 276 g/mol. The lowest BCUT2D eigenvalue weighted by atomic mass is 10.2. The molecule has 3 rings (SSSR count). The Kier molecular flexibility index (Phi) is 3.55. The second-order valence-electron chi connectivity index (χ2n) is 4.42. The van der Waals surface area contributed by atoms with Gasteiger partial charge in [-0.3, -0.25) is 0 Å². The number of nitrogens with one attached hydrogen (secondary N) is 1. The van der Waals surface area contributed by atoms with E-state index in [0.717, 1.165) is 47.5 Å². The Morgan fingerprint density at radius 3 is 2.89 bits per heavy atom. The summed E-state index contributed by atoms with van der Waals surface area (Å²) in [6.07, 6.45) is 0.926. The molecule has 1 N–H and O–H groups in total. The second-order valence-corrected chi connectivity index (χ2v) is 5.49. The van der Waals surface area contributed by atoms with Crippen molar-refractivity contribution in [1.29, 1.82) is 0 Å². The van der Waals surface area contributed by atoms with Gasteiger partial charge in [-0.15, -0.1) is 11.3 Å². The van der Waals surface area contributed by atoms with Gasteiger partial charge in [0.1, 0.15) is 0 Å². The molecule has 2 aromatic rings. The molecular weight excluding hydrogens is 260 g/mol. The van der Waals surface area contributed by atoms with E-state index >= 15 is 0 Å². The van der Waals surface area contributed by atoms with E-state index in [2.05, 4.69) is 15.7 Å². The molecule has 0 saturated carbocycles. The first-order valence-corrected chi connectivity index (χ1v) is 7.24. The van der Waals surface area contributed by atoms with E-state index in [4.69, 9.17) is 9.47 Å². The lowest BCUT2D eigenvalue weighted by Gasteiger charge is -2.10. The van der Waals surface area contributed by atoms with Crippen molar-refractivity contribution in [2.24, 2.45) is 0 Å². The Labute approximate surface area is 116 Å². The number of hydrogen-bond donors (Lipinski definition) is 1. The lowest BCUT2D eigenvalue weighted by molar-refractivity contribution is 0.297. The third-order valence-corrected chi connectivity index (χ3v) is 3.71. The van der Waals surface area contributed by atoms with Gasteiger partial charge < -0.3 is 14.8 Å². The summed E-state index contributed by atoms with van der Waals surface area (Å²) in [4.78, 5) is 4.43. The molecule has 5 heteroatoms. The normalized spacial score (nSPS) is 13.9. The molecule has 0 spiro atoms. The van der Waals surface area contributed by atoms with Gasteiger partial charge in [0.05, 0.1) is 30.5 Å². The summed E-state index contributed by atoms with van der Waals surface area (Å²) in [6.45, 7) is 4.17. The molecule has 1 aromatic heterocycles. The molecular formula is C14H16N2O2S. The molecule has 0 fully saturated rings. The summed E-state index contributed by atoms with van der Waals surface area (Å²) in [5, 5.41) is 6.52. The van der Waals surface area contributed by atoms with E-state index in [1.165, 1.54) is 0 Å². The molecule has 4 nitrogen and oxygen atoms in total. The van der Waals surface area contributed by atoms with Crippen LogP contribution in [0.2, 0.25) is 0 Å². The molecule has 1 aliphatic heterocycles. The Balaban J connectivity index is 1.69. The van der Waals surface area contributed by atoms with Crippen LogP contribution in [0.1, 0.15) is 17.1 Å². The highest BCUT2D eigenvalue weighted by Gasteiger charge is 2.10. The number of hydrogen-bond acceptors (Lipinski definition) is 5. The molecule has 0 saturated heterocycles. The second kappa shape index (κ2) is 5.48. The molecule has 2 heterocycles. The third kappa shape index (κ3) is 2.98. The summed E-state index contributed by atoms with van der Waals surface area (Å²) >= 11 is 1.67. The van der Waals surface area contributed by atoms with Crippen molar-refractivity contribution < 1.29 is 9.47 Å². The number of fused-ring (bicyclic) bond motifs is 1. The van der Waals surface area contributed by atoms with Gasteiger partial charge in [0.2, 0.25) is 0 Å². The van der Waals surface area contributed by atoms with Crippen molar-refractivity contribution in [3.63, 3.8) is 0 Å². The fraction of sp³-hybridized carbons (Fsp3) is 0.357. The number of rotatable bonds is 3. The molecule has 100 valence electrons. The largest absolute Gasteiger partial charge is 0.490 e. The van der Waals surface area contributed by atoms with Crippen LogP contribution in [-0.2, 0) is 6.54 Å². The molecule has 0 aliphatic carbocycles. The molecule has 1 aliphatic rings. The molecule has 0 atom stereocenters. The third-order valence-electron chi connectivity index (χ3n) is 2.89. The number of aryl methyl sites for hydroxylation is 1. The number of nitrogens with zero attached hydrogens (tertiary/aromatic N) is 1. The van der Waals surface area contributed by atoms with Crippen molar-refractivity contribution in [1.82, 2.24) is 4.98 Å². The van der Waals surface area contributed by atoms with Gasteiger partial charge in [0, 0.05) is 23.6 Å². The Bertz CT molecular complexity index is 568. The zero-order chi connectivity index (χ0) is 13.1. The van der Waals surface area contributed by atoms with Crippen LogP contribution in [0.3, 0.4) is 0 Å². The topological polar surface area (TPSA) is 43.4 Å². The fourth-order valence-electron chi connectivity index (χ4n) is 1.96. The predicted octanol–water partition coefficient (Wildman–Crippen LogP) is 3.22. The minimum Gasteiger partial charge on any atom is -0.490 e.